The number of carbonyl (C=O) groups excluding carboxylic acids is 4. The number of esters is 1. The Hall–Kier alpha value is -4.26. The summed E-state index contributed by atoms with van der Waals surface area (Å²) in [5.74, 6) is -2.07. The Bertz CT molecular complexity index is 1210. The smallest absolute Gasteiger partial charge is 0.338 e. The molecule has 0 aromatic heterocycles. The Morgan fingerprint density at radius 3 is 2.21 bits per heavy atom. The van der Waals surface area contributed by atoms with Crippen LogP contribution in [0.15, 0.2) is 78.9 Å². The predicted octanol–water partition coefficient (Wildman–Crippen LogP) is 3.52. The average Bonchev–Trinajstić information content (AvgIpc) is 3.08. The van der Waals surface area contributed by atoms with E-state index in [0.717, 1.165) is 16.0 Å². The second kappa shape index (κ2) is 9.48. The molecule has 166 valence electrons. The van der Waals surface area contributed by atoms with Crippen LogP contribution in [0.1, 0.15) is 55.2 Å². The van der Waals surface area contributed by atoms with Gasteiger partial charge in [0.1, 0.15) is 0 Å². The van der Waals surface area contributed by atoms with Crippen molar-refractivity contribution in [2.75, 3.05) is 6.61 Å². The number of nitrogens with one attached hydrogen (secondary N) is 1. The Labute approximate surface area is 191 Å². The monoisotopic (exact) mass is 442 g/mol. The Balaban J connectivity index is 1.38. The lowest BCUT2D eigenvalue weighted by Crippen LogP contribution is -2.31. The van der Waals surface area contributed by atoms with Crippen LogP contribution in [0.3, 0.4) is 0 Å². The van der Waals surface area contributed by atoms with Crippen LogP contribution in [0.25, 0.3) is 0 Å². The summed E-state index contributed by atoms with van der Waals surface area (Å²) >= 11 is 0. The third kappa shape index (κ3) is 4.82. The van der Waals surface area contributed by atoms with E-state index in [9.17, 15) is 19.2 Å². The highest BCUT2D eigenvalue weighted by atomic mass is 16.5. The Morgan fingerprint density at radius 1 is 0.879 bits per heavy atom. The van der Waals surface area contributed by atoms with Crippen LogP contribution in [0.4, 0.5) is 0 Å². The van der Waals surface area contributed by atoms with Gasteiger partial charge in [-0.3, -0.25) is 19.3 Å². The van der Waals surface area contributed by atoms with Gasteiger partial charge in [-0.1, -0.05) is 60.7 Å². The molecule has 0 fully saturated rings. The topological polar surface area (TPSA) is 92.8 Å². The predicted molar refractivity (Wildman–Crippen MR) is 120 cm³/mol. The molecule has 4 rings (SSSR count). The fraction of sp³-hybridized carbons (Fsp3) is 0.154. The SMILES string of the molecule is C[C@@H](NC(=O)COC(=O)c1ccc2c(c1)C(=O)N(Cc1ccccc1)C2=O)c1ccccc1. The number of rotatable bonds is 7. The van der Waals surface area contributed by atoms with Gasteiger partial charge in [0.05, 0.1) is 29.3 Å². The summed E-state index contributed by atoms with van der Waals surface area (Å²) in [5.41, 5.74) is 2.23. The zero-order chi connectivity index (χ0) is 23.4. The minimum Gasteiger partial charge on any atom is -0.452 e. The molecule has 1 aliphatic heterocycles. The van der Waals surface area contributed by atoms with Crippen LogP contribution in [0, 0.1) is 0 Å². The number of nitrogens with zero attached hydrogens (tertiary/aromatic N) is 1. The summed E-state index contributed by atoms with van der Waals surface area (Å²) in [6.07, 6.45) is 0. The van der Waals surface area contributed by atoms with E-state index in [-0.39, 0.29) is 29.3 Å². The second-order valence-corrected chi connectivity index (χ2v) is 7.72. The molecule has 1 aliphatic rings. The minimum atomic E-state index is -0.748. The van der Waals surface area contributed by atoms with Crippen LogP contribution in [-0.2, 0) is 16.1 Å². The molecule has 0 aliphatic carbocycles. The van der Waals surface area contributed by atoms with Gasteiger partial charge in [-0.2, -0.15) is 0 Å². The van der Waals surface area contributed by atoms with Crippen molar-refractivity contribution in [2.45, 2.75) is 19.5 Å². The largest absolute Gasteiger partial charge is 0.452 e. The molecular formula is C26H22N2O5. The normalized spacial score (nSPS) is 13.4. The summed E-state index contributed by atoms with van der Waals surface area (Å²) < 4.78 is 5.11. The van der Waals surface area contributed by atoms with E-state index in [0.29, 0.717) is 0 Å². The van der Waals surface area contributed by atoms with E-state index in [4.69, 9.17) is 4.74 Å². The lowest BCUT2D eigenvalue weighted by Gasteiger charge is -2.14. The van der Waals surface area contributed by atoms with Crippen LogP contribution in [-0.4, -0.2) is 35.2 Å². The fourth-order valence-corrected chi connectivity index (χ4v) is 3.65. The van der Waals surface area contributed by atoms with Gasteiger partial charge in [0, 0.05) is 0 Å². The molecular weight excluding hydrogens is 420 g/mol. The van der Waals surface area contributed by atoms with Crippen LogP contribution in [0.2, 0.25) is 0 Å². The molecule has 0 saturated carbocycles. The molecule has 0 unspecified atom stereocenters. The number of ether oxygens (including phenoxy) is 1. The average molecular weight is 442 g/mol. The molecule has 0 bridgehead atoms. The summed E-state index contributed by atoms with van der Waals surface area (Å²) in [4.78, 5) is 51.2. The number of hydrogen-bond donors (Lipinski definition) is 1. The summed E-state index contributed by atoms with van der Waals surface area (Å²) in [6, 6.07) is 22.5. The van der Waals surface area contributed by atoms with Gasteiger partial charge in [0.15, 0.2) is 6.61 Å². The van der Waals surface area contributed by atoms with E-state index in [1.54, 1.807) is 0 Å². The number of hydrogen-bond acceptors (Lipinski definition) is 5. The molecule has 0 radical (unpaired) electrons. The van der Waals surface area contributed by atoms with Crippen molar-refractivity contribution in [3.05, 3.63) is 107 Å². The zero-order valence-electron chi connectivity index (χ0n) is 18.0. The van der Waals surface area contributed by atoms with Crippen LogP contribution >= 0.6 is 0 Å². The van der Waals surface area contributed by atoms with E-state index in [2.05, 4.69) is 5.32 Å². The van der Waals surface area contributed by atoms with Crippen LogP contribution < -0.4 is 5.32 Å². The first kappa shape index (κ1) is 22.0. The van der Waals surface area contributed by atoms with E-state index in [1.165, 1.54) is 18.2 Å². The number of imide groups is 1. The van der Waals surface area contributed by atoms with Crippen molar-refractivity contribution in [2.24, 2.45) is 0 Å². The van der Waals surface area contributed by atoms with Gasteiger partial charge >= 0.3 is 5.97 Å². The molecule has 7 heteroatoms. The maximum Gasteiger partial charge on any atom is 0.338 e. The van der Waals surface area contributed by atoms with Crippen molar-refractivity contribution < 1.29 is 23.9 Å². The molecule has 0 spiro atoms. The maximum atomic E-state index is 12.8. The number of carbonyl (C=O) groups is 4. The molecule has 3 amide bonds. The number of benzene rings is 3. The lowest BCUT2D eigenvalue weighted by atomic mass is 10.1. The molecule has 0 saturated heterocycles. The standard InChI is InChI=1S/C26H22N2O5/c1-17(19-10-6-3-7-11-19)27-23(29)16-33-26(32)20-12-13-21-22(14-20)25(31)28(24(21)30)15-18-8-4-2-5-9-18/h2-14,17H,15-16H2,1H3,(H,27,29)/t17-/m1/s1. The third-order valence-corrected chi connectivity index (χ3v) is 5.40. The highest BCUT2D eigenvalue weighted by Gasteiger charge is 2.36. The molecule has 1 atom stereocenters. The summed E-state index contributed by atoms with van der Waals surface area (Å²) in [7, 11) is 0. The number of fused-ring (bicyclic) bond motifs is 1. The first-order valence-corrected chi connectivity index (χ1v) is 10.5. The van der Waals surface area contributed by atoms with Gasteiger partial charge in [-0.05, 0) is 36.2 Å². The summed E-state index contributed by atoms with van der Waals surface area (Å²) in [5, 5.41) is 2.76. The van der Waals surface area contributed by atoms with Crippen molar-refractivity contribution in [1.29, 1.82) is 0 Å². The van der Waals surface area contributed by atoms with Crippen molar-refractivity contribution in [3.63, 3.8) is 0 Å². The van der Waals surface area contributed by atoms with E-state index < -0.39 is 30.3 Å². The minimum absolute atomic E-state index is 0.0976. The molecule has 1 heterocycles. The van der Waals surface area contributed by atoms with Gasteiger partial charge in [0.25, 0.3) is 17.7 Å². The highest BCUT2D eigenvalue weighted by molar-refractivity contribution is 6.21. The van der Waals surface area contributed by atoms with Crippen LogP contribution in [0.5, 0.6) is 0 Å². The van der Waals surface area contributed by atoms with Gasteiger partial charge in [0.2, 0.25) is 0 Å². The maximum absolute atomic E-state index is 12.8. The molecule has 33 heavy (non-hydrogen) atoms. The Morgan fingerprint density at radius 2 is 1.52 bits per heavy atom. The van der Waals surface area contributed by atoms with E-state index in [1.807, 2.05) is 67.6 Å². The quantitative estimate of drug-likeness (QED) is 0.447. The van der Waals surface area contributed by atoms with Crippen molar-refractivity contribution in [3.8, 4) is 0 Å². The third-order valence-electron chi connectivity index (χ3n) is 5.40. The second-order valence-electron chi connectivity index (χ2n) is 7.72. The zero-order valence-corrected chi connectivity index (χ0v) is 18.0. The number of amides is 3. The van der Waals surface area contributed by atoms with Gasteiger partial charge in [-0.25, -0.2) is 4.79 Å². The molecule has 7 nitrogen and oxygen atoms in total. The molecule has 3 aromatic carbocycles. The lowest BCUT2D eigenvalue weighted by molar-refractivity contribution is -0.124. The van der Waals surface area contributed by atoms with Crippen molar-refractivity contribution in [1.82, 2.24) is 10.2 Å². The summed E-state index contributed by atoms with van der Waals surface area (Å²) in [6.45, 7) is 1.52. The first-order valence-electron chi connectivity index (χ1n) is 10.5. The Kier molecular flexibility index (Phi) is 6.31. The molecule has 1 N–H and O–H groups in total. The fourth-order valence-electron chi connectivity index (χ4n) is 3.65. The molecule has 3 aromatic rings. The van der Waals surface area contributed by atoms with Gasteiger partial charge in [-0.15, -0.1) is 0 Å². The van der Waals surface area contributed by atoms with Gasteiger partial charge < -0.3 is 10.1 Å². The highest BCUT2D eigenvalue weighted by Crippen LogP contribution is 2.26. The van der Waals surface area contributed by atoms with Crippen molar-refractivity contribution >= 4 is 23.7 Å². The van der Waals surface area contributed by atoms with E-state index >= 15 is 0 Å². The first-order chi connectivity index (χ1) is 15.9.